The van der Waals surface area contributed by atoms with Crippen LogP contribution in [-0.2, 0) is 11.8 Å². The van der Waals surface area contributed by atoms with Crippen molar-refractivity contribution in [3.05, 3.63) is 52.3 Å². The van der Waals surface area contributed by atoms with Crippen LogP contribution in [0.4, 0.5) is 5.82 Å². The van der Waals surface area contributed by atoms with E-state index in [1.54, 1.807) is 29.8 Å². The second kappa shape index (κ2) is 7.25. The molecule has 1 unspecified atom stereocenters. The molecule has 1 aromatic heterocycles. The van der Waals surface area contributed by atoms with Gasteiger partial charge in [-0.25, -0.2) is 0 Å². The number of rotatable bonds is 5. The summed E-state index contributed by atoms with van der Waals surface area (Å²) in [4.78, 5) is 29.2. The Morgan fingerprint density at radius 1 is 1.50 bits per heavy atom. The summed E-state index contributed by atoms with van der Waals surface area (Å²) >= 11 is 1.37. The first kappa shape index (κ1) is 18.1. The Bertz CT molecular complexity index is 939. The Labute approximate surface area is 154 Å². The quantitative estimate of drug-likeness (QED) is 0.474. The standard InChI is InChI=1S/C18H19N3O4S/c1-4-7-26-18-20-17(24)15-11(9-14(23)19-16(15)21(18)2)10-5-6-12(22)13(8-10)25-3/h4-6,8,11,22H,1,7,9H2,2-3H3,(H,19,23). The van der Waals surface area contributed by atoms with Gasteiger partial charge in [0.1, 0.15) is 5.82 Å². The lowest BCUT2D eigenvalue weighted by Crippen LogP contribution is -2.33. The van der Waals surface area contributed by atoms with E-state index in [2.05, 4.69) is 16.9 Å². The summed E-state index contributed by atoms with van der Waals surface area (Å²) in [5.41, 5.74) is 0.769. The number of amides is 1. The zero-order valence-electron chi connectivity index (χ0n) is 14.5. The number of hydrogen-bond acceptors (Lipinski definition) is 6. The number of fused-ring (bicyclic) bond motifs is 1. The van der Waals surface area contributed by atoms with Gasteiger partial charge < -0.3 is 19.7 Å². The number of benzene rings is 1. The molecule has 1 aromatic carbocycles. The fourth-order valence-corrected chi connectivity index (χ4v) is 3.69. The number of methoxy groups -OCH3 is 1. The summed E-state index contributed by atoms with van der Waals surface area (Å²) in [6, 6.07) is 4.82. The molecule has 26 heavy (non-hydrogen) atoms. The fraction of sp³-hybridized carbons (Fsp3) is 0.278. The normalized spacial score (nSPS) is 15.9. The molecule has 2 heterocycles. The molecule has 0 fully saturated rings. The highest BCUT2D eigenvalue weighted by atomic mass is 32.2. The minimum Gasteiger partial charge on any atom is -0.504 e. The molecule has 0 saturated carbocycles. The van der Waals surface area contributed by atoms with Crippen molar-refractivity contribution in [2.24, 2.45) is 7.05 Å². The molecule has 0 spiro atoms. The summed E-state index contributed by atoms with van der Waals surface area (Å²) in [6.07, 6.45) is 1.84. The topological polar surface area (TPSA) is 93.5 Å². The third-order valence-corrected chi connectivity index (χ3v) is 5.26. The number of ether oxygens (including phenoxy) is 1. The predicted molar refractivity (Wildman–Crippen MR) is 100 cm³/mol. The van der Waals surface area contributed by atoms with Crippen molar-refractivity contribution in [3.63, 3.8) is 0 Å². The van der Waals surface area contributed by atoms with E-state index < -0.39 is 5.92 Å². The van der Waals surface area contributed by atoms with Crippen molar-refractivity contribution < 1.29 is 14.6 Å². The Hall–Kier alpha value is -2.74. The first-order valence-corrected chi connectivity index (χ1v) is 8.96. The van der Waals surface area contributed by atoms with Gasteiger partial charge in [0, 0.05) is 25.1 Å². The summed E-state index contributed by atoms with van der Waals surface area (Å²) in [6.45, 7) is 3.66. The number of phenols is 1. The molecule has 8 heteroatoms. The number of hydrogen-bond donors (Lipinski definition) is 2. The number of thioether (sulfide) groups is 1. The van der Waals surface area contributed by atoms with Crippen LogP contribution in [0, 0.1) is 0 Å². The smallest absolute Gasteiger partial charge is 0.279 e. The van der Waals surface area contributed by atoms with E-state index in [0.717, 1.165) is 0 Å². The summed E-state index contributed by atoms with van der Waals surface area (Å²) in [5.74, 6) is 0.695. The van der Waals surface area contributed by atoms with Crippen LogP contribution in [-0.4, -0.2) is 33.4 Å². The molecule has 2 N–H and O–H groups in total. The average Bonchev–Trinajstić information content (AvgIpc) is 2.63. The fourth-order valence-electron chi connectivity index (χ4n) is 2.99. The Morgan fingerprint density at radius 2 is 2.27 bits per heavy atom. The van der Waals surface area contributed by atoms with E-state index in [1.807, 2.05) is 0 Å². The molecular weight excluding hydrogens is 354 g/mol. The second-order valence-corrected chi connectivity index (χ2v) is 6.84. The number of aromatic nitrogens is 2. The number of nitrogens with zero attached hydrogens (tertiary/aromatic N) is 2. The highest BCUT2D eigenvalue weighted by Gasteiger charge is 2.32. The van der Waals surface area contributed by atoms with Crippen LogP contribution in [0.2, 0.25) is 0 Å². The van der Waals surface area contributed by atoms with E-state index in [1.165, 1.54) is 24.9 Å². The number of carbonyl (C=O) groups is 1. The first-order chi connectivity index (χ1) is 12.5. The third-order valence-electron chi connectivity index (χ3n) is 4.24. The van der Waals surface area contributed by atoms with E-state index in [0.29, 0.717) is 27.9 Å². The van der Waals surface area contributed by atoms with Crippen molar-refractivity contribution in [2.75, 3.05) is 18.2 Å². The van der Waals surface area contributed by atoms with Crippen molar-refractivity contribution >= 4 is 23.5 Å². The van der Waals surface area contributed by atoms with Crippen molar-refractivity contribution in [2.45, 2.75) is 17.5 Å². The average molecular weight is 373 g/mol. The van der Waals surface area contributed by atoms with Crippen LogP contribution >= 0.6 is 11.8 Å². The van der Waals surface area contributed by atoms with Gasteiger partial charge in [-0.2, -0.15) is 4.98 Å². The maximum absolute atomic E-state index is 12.7. The molecule has 0 radical (unpaired) electrons. The molecule has 1 aliphatic rings. The lowest BCUT2D eigenvalue weighted by molar-refractivity contribution is -0.116. The van der Waals surface area contributed by atoms with E-state index in [9.17, 15) is 14.7 Å². The number of aromatic hydroxyl groups is 1. The number of nitrogens with one attached hydrogen (secondary N) is 1. The molecule has 0 aliphatic carbocycles. The maximum atomic E-state index is 12.7. The summed E-state index contributed by atoms with van der Waals surface area (Å²) in [7, 11) is 3.21. The van der Waals surface area contributed by atoms with Gasteiger partial charge in [0.15, 0.2) is 16.7 Å². The number of carbonyl (C=O) groups excluding carboxylic acids is 1. The largest absolute Gasteiger partial charge is 0.504 e. The molecule has 7 nitrogen and oxygen atoms in total. The minimum absolute atomic E-state index is 0.000986. The number of anilines is 1. The highest BCUT2D eigenvalue weighted by Crippen LogP contribution is 2.38. The van der Waals surface area contributed by atoms with Crippen molar-refractivity contribution in [1.82, 2.24) is 9.55 Å². The summed E-state index contributed by atoms with van der Waals surface area (Å²) in [5, 5.41) is 13.1. The van der Waals surface area contributed by atoms with Crippen LogP contribution in [0.5, 0.6) is 11.5 Å². The van der Waals surface area contributed by atoms with E-state index >= 15 is 0 Å². The van der Waals surface area contributed by atoms with Crippen LogP contribution < -0.4 is 15.6 Å². The van der Waals surface area contributed by atoms with Crippen LogP contribution in [0.15, 0.2) is 40.8 Å². The van der Waals surface area contributed by atoms with Crippen LogP contribution in [0.3, 0.4) is 0 Å². The Morgan fingerprint density at radius 3 is 2.96 bits per heavy atom. The van der Waals surface area contributed by atoms with Gasteiger partial charge in [-0.05, 0) is 17.7 Å². The maximum Gasteiger partial charge on any atom is 0.279 e. The lowest BCUT2D eigenvalue weighted by atomic mass is 9.86. The zero-order chi connectivity index (χ0) is 18.8. The second-order valence-electron chi connectivity index (χ2n) is 5.86. The Kier molecular flexibility index (Phi) is 5.03. The summed E-state index contributed by atoms with van der Waals surface area (Å²) < 4.78 is 6.86. The zero-order valence-corrected chi connectivity index (χ0v) is 15.3. The molecule has 3 rings (SSSR count). The van der Waals surface area contributed by atoms with Crippen LogP contribution in [0.1, 0.15) is 23.5 Å². The molecule has 0 saturated heterocycles. The molecule has 2 aromatic rings. The van der Waals surface area contributed by atoms with Gasteiger partial charge >= 0.3 is 0 Å². The minimum atomic E-state index is -0.460. The predicted octanol–water partition coefficient (Wildman–Crippen LogP) is 2.25. The molecular formula is C18H19N3O4S. The van der Waals surface area contributed by atoms with Gasteiger partial charge in [0.2, 0.25) is 5.91 Å². The Balaban J connectivity index is 2.15. The van der Waals surface area contributed by atoms with Gasteiger partial charge in [-0.3, -0.25) is 9.59 Å². The van der Waals surface area contributed by atoms with Crippen molar-refractivity contribution in [3.8, 4) is 11.5 Å². The highest BCUT2D eigenvalue weighted by molar-refractivity contribution is 7.99. The van der Waals surface area contributed by atoms with Crippen LogP contribution in [0.25, 0.3) is 0 Å². The molecule has 0 bridgehead atoms. The van der Waals surface area contributed by atoms with Gasteiger partial charge in [0.25, 0.3) is 5.56 Å². The number of phenolic OH excluding ortho intramolecular Hbond substituents is 1. The lowest BCUT2D eigenvalue weighted by Gasteiger charge is -2.27. The van der Waals surface area contributed by atoms with Gasteiger partial charge in [-0.15, -0.1) is 6.58 Å². The van der Waals surface area contributed by atoms with Gasteiger partial charge in [-0.1, -0.05) is 23.9 Å². The monoisotopic (exact) mass is 373 g/mol. The third kappa shape index (κ3) is 3.20. The first-order valence-electron chi connectivity index (χ1n) is 7.97. The van der Waals surface area contributed by atoms with Crippen molar-refractivity contribution in [1.29, 1.82) is 0 Å². The molecule has 136 valence electrons. The SMILES string of the molecule is C=CCSc1nc(=O)c2c(n1C)NC(=O)CC2c1ccc(O)c(OC)c1. The van der Waals surface area contributed by atoms with Gasteiger partial charge in [0.05, 0.1) is 12.7 Å². The molecule has 1 aliphatic heterocycles. The molecule has 1 amide bonds. The molecule has 1 atom stereocenters. The van der Waals surface area contributed by atoms with E-state index in [4.69, 9.17) is 4.74 Å². The van der Waals surface area contributed by atoms with E-state index in [-0.39, 0.29) is 29.4 Å².